The second kappa shape index (κ2) is 7.90. The monoisotopic (exact) mass is 336 g/mol. The zero-order valence-electron chi connectivity index (χ0n) is 15.7. The van der Waals surface area contributed by atoms with Gasteiger partial charge >= 0.3 is 0 Å². The molecule has 0 spiro atoms. The topological polar surface area (TPSA) is 60.2 Å². The van der Waals surface area contributed by atoms with Gasteiger partial charge in [-0.1, -0.05) is 24.3 Å². The molecule has 0 saturated heterocycles. The molecule has 1 aromatic heterocycles. The Hall–Kier alpha value is -2.72. The molecule has 4 heteroatoms. The number of para-hydroxylation sites is 1. The van der Waals surface area contributed by atoms with Crippen LogP contribution in [-0.4, -0.2) is 25.7 Å². The summed E-state index contributed by atoms with van der Waals surface area (Å²) in [7, 11) is 7.62. The van der Waals surface area contributed by atoms with Crippen molar-refractivity contribution >= 4 is 33.9 Å². The molecule has 3 aromatic rings. The number of allylic oxidation sites excluding steroid dienone is 1. The van der Waals surface area contributed by atoms with Crippen LogP contribution in [0.1, 0.15) is 18.1 Å². The lowest BCUT2D eigenvalue weighted by atomic mass is 10.0. The van der Waals surface area contributed by atoms with Gasteiger partial charge in [-0.3, -0.25) is 0 Å². The van der Waals surface area contributed by atoms with Gasteiger partial charge in [-0.25, -0.2) is 0 Å². The predicted octanol–water partition coefficient (Wildman–Crippen LogP) is 3.96. The molecule has 4 N–H and O–H groups in total. The van der Waals surface area contributed by atoms with Crippen LogP contribution in [0.3, 0.4) is 0 Å². The molecular formula is C21H28N4. The van der Waals surface area contributed by atoms with E-state index in [1.54, 1.807) is 0 Å². The lowest BCUT2D eigenvalue weighted by Crippen LogP contribution is -2.09. The second-order valence-corrected chi connectivity index (χ2v) is 6.21. The van der Waals surface area contributed by atoms with Crippen LogP contribution >= 0.6 is 0 Å². The molecule has 25 heavy (non-hydrogen) atoms. The first-order valence-corrected chi connectivity index (χ1v) is 8.34. The Morgan fingerprint density at radius 1 is 1.08 bits per heavy atom. The molecule has 0 aliphatic carbocycles. The number of hydrogen-bond acceptors (Lipinski definition) is 3. The van der Waals surface area contributed by atoms with Gasteiger partial charge in [0.1, 0.15) is 0 Å². The number of benzene rings is 2. The standard InChI is InChI=1S/C20H23N3.CH5N/c1-14(11-15-9-10-16(22(2)3)12-19(15)21)18-13-23(4)20-8-6-5-7-17(18)20;1-2/h5-13H,21H2,1-4H3;2H2,1H3/b14-11+;. The van der Waals surface area contributed by atoms with E-state index in [1.165, 1.54) is 29.1 Å². The molecule has 0 aliphatic heterocycles. The number of aryl methyl sites for hydroxylation is 1. The number of aromatic nitrogens is 1. The highest BCUT2D eigenvalue weighted by Crippen LogP contribution is 2.29. The lowest BCUT2D eigenvalue weighted by Gasteiger charge is -2.14. The van der Waals surface area contributed by atoms with Crippen molar-refractivity contribution in [3.05, 3.63) is 59.8 Å². The highest BCUT2D eigenvalue weighted by atomic mass is 15.1. The smallest absolute Gasteiger partial charge is 0.0484 e. The number of rotatable bonds is 3. The molecule has 2 aromatic carbocycles. The number of nitrogen functional groups attached to an aromatic ring is 1. The van der Waals surface area contributed by atoms with Gasteiger partial charge in [-0.2, -0.15) is 0 Å². The van der Waals surface area contributed by atoms with Crippen molar-refractivity contribution < 1.29 is 0 Å². The Morgan fingerprint density at radius 3 is 2.40 bits per heavy atom. The van der Waals surface area contributed by atoms with Crippen molar-refractivity contribution in [1.29, 1.82) is 0 Å². The Kier molecular flexibility index (Phi) is 5.88. The Bertz CT molecular complexity index is 888. The minimum atomic E-state index is 0.802. The maximum absolute atomic E-state index is 6.23. The van der Waals surface area contributed by atoms with Crippen molar-refractivity contribution in [2.45, 2.75) is 6.92 Å². The Labute approximate surface area is 150 Å². The normalized spacial score (nSPS) is 11.2. The Balaban J connectivity index is 0.00000109. The average molecular weight is 336 g/mol. The van der Waals surface area contributed by atoms with Crippen LogP contribution in [0.4, 0.5) is 11.4 Å². The van der Waals surface area contributed by atoms with E-state index in [2.05, 4.69) is 77.8 Å². The van der Waals surface area contributed by atoms with Crippen LogP contribution in [-0.2, 0) is 7.05 Å². The molecule has 0 saturated carbocycles. The van der Waals surface area contributed by atoms with Crippen LogP contribution < -0.4 is 16.4 Å². The fourth-order valence-corrected chi connectivity index (χ4v) is 2.94. The number of fused-ring (bicyclic) bond motifs is 1. The Morgan fingerprint density at radius 2 is 1.76 bits per heavy atom. The second-order valence-electron chi connectivity index (χ2n) is 6.21. The number of anilines is 2. The highest BCUT2D eigenvalue weighted by Gasteiger charge is 2.08. The third kappa shape index (κ3) is 3.86. The number of nitrogens with two attached hydrogens (primary N) is 2. The quantitative estimate of drug-likeness (QED) is 0.712. The molecular weight excluding hydrogens is 308 g/mol. The fourth-order valence-electron chi connectivity index (χ4n) is 2.94. The summed E-state index contributed by atoms with van der Waals surface area (Å²) in [4.78, 5) is 2.06. The third-order valence-electron chi connectivity index (χ3n) is 4.28. The van der Waals surface area contributed by atoms with Crippen molar-refractivity contribution in [2.24, 2.45) is 12.8 Å². The molecule has 132 valence electrons. The van der Waals surface area contributed by atoms with Crippen LogP contribution in [0.5, 0.6) is 0 Å². The molecule has 0 radical (unpaired) electrons. The molecule has 0 bridgehead atoms. The van der Waals surface area contributed by atoms with E-state index >= 15 is 0 Å². The third-order valence-corrected chi connectivity index (χ3v) is 4.28. The SMILES string of the molecule is C/C(=C\c1ccc(N(C)C)cc1N)c1cn(C)c2ccccc12.CN. The zero-order valence-corrected chi connectivity index (χ0v) is 15.7. The number of nitrogens with zero attached hydrogens (tertiary/aromatic N) is 2. The molecule has 0 amide bonds. The summed E-state index contributed by atoms with van der Waals surface area (Å²) in [5.74, 6) is 0. The summed E-state index contributed by atoms with van der Waals surface area (Å²) in [5.41, 5.74) is 17.4. The fraction of sp³-hybridized carbons (Fsp3) is 0.238. The highest BCUT2D eigenvalue weighted by molar-refractivity contribution is 5.97. The molecule has 0 fully saturated rings. The molecule has 0 aliphatic rings. The first kappa shape index (κ1) is 18.6. The van der Waals surface area contributed by atoms with Gasteiger partial charge in [0.15, 0.2) is 0 Å². The molecule has 3 rings (SSSR count). The minimum absolute atomic E-state index is 0.802. The largest absolute Gasteiger partial charge is 0.398 e. The summed E-state index contributed by atoms with van der Waals surface area (Å²) in [5, 5.41) is 1.27. The van der Waals surface area contributed by atoms with Gasteiger partial charge in [-0.05, 0) is 49.4 Å². The van der Waals surface area contributed by atoms with Gasteiger partial charge in [0, 0.05) is 55.2 Å². The summed E-state index contributed by atoms with van der Waals surface area (Å²) >= 11 is 0. The van der Waals surface area contributed by atoms with Gasteiger partial charge in [-0.15, -0.1) is 0 Å². The van der Waals surface area contributed by atoms with Crippen LogP contribution in [0.25, 0.3) is 22.6 Å². The van der Waals surface area contributed by atoms with E-state index in [1.807, 2.05) is 20.2 Å². The van der Waals surface area contributed by atoms with Crippen LogP contribution in [0.15, 0.2) is 48.7 Å². The van der Waals surface area contributed by atoms with E-state index in [0.29, 0.717) is 0 Å². The predicted molar refractivity (Wildman–Crippen MR) is 112 cm³/mol. The summed E-state index contributed by atoms with van der Waals surface area (Å²) < 4.78 is 2.17. The van der Waals surface area contributed by atoms with Gasteiger partial charge in [0.2, 0.25) is 0 Å². The summed E-state index contributed by atoms with van der Waals surface area (Å²) in [6.45, 7) is 2.14. The van der Waals surface area contributed by atoms with Crippen LogP contribution in [0, 0.1) is 0 Å². The molecule has 1 heterocycles. The first-order valence-electron chi connectivity index (χ1n) is 8.34. The van der Waals surface area contributed by atoms with Gasteiger partial charge in [0.05, 0.1) is 0 Å². The van der Waals surface area contributed by atoms with Gasteiger partial charge < -0.3 is 20.9 Å². The molecule has 4 nitrogen and oxygen atoms in total. The van der Waals surface area contributed by atoms with E-state index in [9.17, 15) is 0 Å². The van der Waals surface area contributed by atoms with Crippen LogP contribution in [0.2, 0.25) is 0 Å². The summed E-state index contributed by atoms with van der Waals surface area (Å²) in [6.07, 6.45) is 4.34. The van der Waals surface area contributed by atoms with Crippen molar-refractivity contribution in [2.75, 3.05) is 31.8 Å². The van der Waals surface area contributed by atoms with Crippen molar-refractivity contribution in [3.63, 3.8) is 0 Å². The van der Waals surface area contributed by atoms with E-state index in [-0.39, 0.29) is 0 Å². The molecule has 0 atom stereocenters. The van der Waals surface area contributed by atoms with E-state index < -0.39 is 0 Å². The maximum Gasteiger partial charge on any atom is 0.0484 e. The maximum atomic E-state index is 6.23. The average Bonchev–Trinajstić information content (AvgIpc) is 2.96. The van der Waals surface area contributed by atoms with E-state index in [4.69, 9.17) is 5.73 Å². The minimum Gasteiger partial charge on any atom is -0.398 e. The lowest BCUT2D eigenvalue weighted by molar-refractivity contribution is 0.967. The number of hydrogen-bond donors (Lipinski definition) is 2. The van der Waals surface area contributed by atoms with Crippen molar-refractivity contribution in [1.82, 2.24) is 4.57 Å². The van der Waals surface area contributed by atoms with Gasteiger partial charge in [0.25, 0.3) is 0 Å². The zero-order chi connectivity index (χ0) is 18.6. The molecule has 0 unspecified atom stereocenters. The first-order chi connectivity index (χ1) is 12.0. The van der Waals surface area contributed by atoms with E-state index in [0.717, 1.165) is 16.9 Å². The van der Waals surface area contributed by atoms with Crippen molar-refractivity contribution in [3.8, 4) is 0 Å². The summed E-state index contributed by atoms with van der Waals surface area (Å²) in [6, 6.07) is 14.7.